The molecular formula is C19H20ClFN2O. The van der Waals surface area contributed by atoms with E-state index in [1.807, 2.05) is 0 Å². The average Bonchev–Trinajstić information content (AvgIpc) is 2.58. The Bertz CT molecular complexity index is 742. The number of carbonyl (C=O) groups is 1. The van der Waals surface area contributed by atoms with Crippen molar-refractivity contribution in [2.45, 2.75) is 25.8 Å². The first kappa shape index (κ1) is 16.9. The molecule has 1 aliphatic rings. The molecule has 1 heterocycles. The van der Waals surface area contributed by atoms with Crippen molar-refractivity contribution in [1.29, 1.82) is 0 Å². The standard InChI is InChI=1S/C19H20ClFN2O/c1-12-9-10-17(22-11-12)19(24)23-16-8-4-6-14(18(16)21)13-5-2-3-7-15(13)20/h2-8,12,17,22H,9-11H2,1H3,(H,23,24)/t12-,17+/m1/s1. The fraction of sp³-hybridized carbons (Fsp3) is 0.316. The first-order chi connectivity index (χ1) is 11.6. The summed E-state index contributed by atoms with van der Waals surface area (Å²) >= 11 is 6.16. The van der Waals surface area contributed by atoms with Gasteiger partial charge in [0.25, 0.3) is 0 Å². The van der Waals surface area contributed by atoms with Gasteiger partial charge < -0.3 is 10.6 Å². The second-order valence-electron chi connectivity index (χ2n) is 6.28. The lowest BCUT2D eigenvalue weighted by atomic mass is 9.96. The van der Waals surface area contributed by atoms with E-state index in [0.717, 1.165) is 19.4 Å². The molecule has 126 valence electrons. The number of hydrogen-bond acceptors (Lipinski definition) is 2. The van der Waals surface area contributed by atoms with Crippen LogP contribution in [0, 0.1) is 11.7 Å². The predicted octanol–water partition coefficient (Wildman–Crippen LogP) is 4.47. The number of anilines is 1. The molecule has 0 spiro atoms. The minimum atomic E-state index is -0.469. The minimum Gasteiger partial charge on any atom is -0.322 e. The zero-order valence-electron chi connectivity index (χ0n) is 13.5. The Balaban J connectivity index is 1.81. The second-order valence-corrected chi connectivity index (χ2v) is 6.69. The Morgan fingerprint density at radius 2 is 1.92 bits per heavy atom. The van der Waals surface area contributed by atoms with Crippen LogP contribution in [-0.4, -0.2) is 18.5 Å². The van der Waals surface area contributed by atoms with Gasteiger partial charge in [0, 0.05) is 16.1 Å². The predicted molar refractivity (Wildman–Crippen MR) is 95.7 cm³/mol. The van der Waals surface area contributed by atoms with E-state index < -0.39 is 5.82 Å². The Hall–Kier alpha value is -1.91. The first-order valence-corrected chi connectivity index (χ1v) is 8.51. The van der Waals surface area contributed by atoms with Gasteiger partial charge in [0.1, 0.15) is 0 Å². The third-order valence-corrected chi connectivity index (χ3v) is 4.73. The zero-order chi connectivity index (χ0) is 17.1. The molecule has 5 heteroatoms. The normalized spacial score (nSPS) is 20.6. The van der Waals surface area contributed by atoms with Gasteiger partial charge >= 0.3 is 0 Å². The largest absolute Gasteiger partial charge is 0.322 e. The molecule has 0 aromatic heterocycles. The lowest BCUT2D eigenvalue weighted by molar-refractivity contribution is -0.118. The molecule has 3 nitrogen and oxygen atoms in total. The molecule has 2 aromatic carbocycles. The van der Waals surface area contributed by atoms with E-state index in [0.29, 0.717) is 22.1 Å². The van der Waals surface area contributed by atoms with Crippen LogP contribution in [0.4, 0.5) is 10.1 Å². The Morgan fingerprint density at radius 1 is 1.17 bits per heavy atom. The van der Waals surface area contributed by atoms with Gasteiger partial charge in [-0.2, -0.15) is 0 Å². The highest BCUT2D eigenvalue weighted by Gasteiger charge is 2.24. The molecule has 1 aliphatic heterocycles. The summed E-state index contributed by atoms with van der Waals surface area (Å²) in [5, 5.41) is 6.39. The Kier molecular flexibility index (Phi) is 5.17. The molecule has 2 N–H and O–H groups in total. The molecule has 3 rings (SSSR count). The number of halogens is 2. The van der Waals surface area contributed by atoms with Crippen molar-refractivity contribution >= 4 is 23.2 Å². The third-order valence-electron chi connectivity index (χ3n) is 4.40. The van der Waals surface area contributed by atoms with Gasteiger partial charge in [0.15, 0.2) is 5.82 Å². The topological polar surface area (TPSA) is 41.1 Å². The van der Waals surface area contributed by atoms with Gasteiger partial charge in [-0.3, -0.25) is 4.79 Å². The molecule has 0 unspecified atom stereocenters. The third kappa shape index (κ3) is 3.60. The lowest BCUT2D eigenvalue weighted by Crippen LogP contribution is -2.46. The summed E-state index contributed by atoms with van der Waals surface area (Å²) in [6, 6.07) is 11.7. The van der Waals surface area contributed by atoms with E-state index in [4.69, 9.17) is 11.6 Å². The van der Waals surface area contributed by atoms with Gasteiger partial charge in [0.05, 0.1) is 11.7 Å². The molecule has 1 amide bonds. The maximum Gasteiger partial charge on any atom is 0.241 e. The summed E-state index contributed by atoms with van der Waals surface area (Å²) in [4.78, 5) is 12.4. The summed E-state index contributed by atoms with van der Waals surface area (Å²) in [6.07, 6.45) is 1.76. The maximum absolute atomic E-state index is 14.8. The highest BCUT2D eigenvalue weighted by Crippen LogP contribution is 2.32. The van der Waals surface area contributed by atoms with Crippen molar-refractivity contribution in [3.63, 3.8) is 0 Å². The van der Waals surface area contributed by atoms with Crippen molar-refractivity contribution in [2.24, 2.45) is 5.92 Å². The highest BCUT2D eigenvalue weighted by molar-refractivity contribution is 6.33. The van der Waals surface area contributed by atoms with Gasteiger partial charge in [-0.1, -0.05) is 48.9 Å². The summed E-state index contributed by atoms with van der Waals surface area (Å²) in [6.45, 7) is 2.95. The number of rotatable bonds is 3. The van der Waals surface area contributed by atoms with Gasteiger partial charge in [-0.25, -0.2) is 4.39 Å². The van der Waals surface area contributed by atoms with Crippen molar-refractivity contribution in [3.8, 4) is 11.1 Å². The van der Waals surface area contributed by atoms with Crippen molar-refractivity contribution < 1.29 is 9.18 Å². The molecule has 24 heavy (non-hydrogen) atoms. The number of hydrogen-bond donors (Lipinski definition) is 2. The zero-order valence-corrected chi connectivity index (χ0v) is 14.2. The van der Waals surface area contributed by atoms with Crippen LogP contribution in [-0.2, 0) is 4.79 Å². The van der Waals surface area contributed by atoms with Crippen molar-refractivity contribution in [1.82, 2.24) is 5.32 Å². The lowest BCUT2D eigenvalue weighted by Gasteiger charge is -2.27. The van der Waals surface area contributed by atoms with Crippen LogP contribution in [0.1, 0.15) is 19.8 Å². The van der Waals surface area contributed by atoms with Crippen molar-refractivity contribution in [3.05, 3.63) is 53.3 Å². The summed E-state index contributed by atoms with van der Waals surface area (Å²) in [7, 11) is 0. The SMILES string of the molecule is C[C@@H]1CC[C@@H](C(=O)Nc2cccc(-c3ccccc3Cl)c2F)NC1. The Morgan fingerprint density at radius 3 is 2.62 bits per heavy atom. The fourth-order valence-electron chi connectivity index (χ4n) is 2.96. The van der Waals surface area contributed by atoms with E-state index >= 15 is 0 Å². The number of carbonyl (C=O) groups excluding carboxylic acids is 1. The highest BCUT2D eigenvalue weighted by atomic mass is 35.5. The molecule has 1 fully saturated rings. The molecule has 2 atom stereocenters. The van der Waals surface area contributed by atoms with Crippen LogP contribution >= 0.6 is 11.6 Å². The molecule has 0 aliphatic carbocycles. The van der Waals surface area contributed by atoms with E-state index in [2.05, 4.69) is 17.6 Å². The maximum atomic E-state index is 14.8. The molecule has 0 radical (unpaired) electrons. The monoisotopic (exact) mass is 346 g/mol. The molecule has 2 aromatic rings. The first-order valence-electron chi connectivity index (χ1n) is 8.14. The fourth-order valence-corrected chi connectivity index (χ4v) is 3.20. The molecule has 1 saturated heterocycles. The average molecular weight is 347 g/mol. The van der Waals surface area contributed by atoms with E-state index in [-0.39, 0.29) is 17.6 Å². The molecule has 0 saturated carbocycles. The van der Waals surface area contributed by atoms with E-state index in [9.17, 15) is 9.18 Å². The van der Waals surface area contributed by atoms with Crippen LogP contribution in [0.5, 0.6) is 0 Å². The van der Waals surface area contributed by atoms with Gasteiger partial charge in [0.2, 0.25) is 5.91 Å². The van der Waals surface area contributed by atoms with Crippen LogP contribution in [0.2, 0.25) is 5.02 Å². The number of benzene rings is 2. The second kappa shape index (κ2) is 7.32. The van der Waals surface area contributed by atoms with Crippen molar-refractivity contribution in [2.75, 3.05) is 11.9 Å². The van der Waals surface area contributed by atoms with Crippen LogP contribution in [0.3, 0.4) is 0 Å². The summed E-state index contributed by atoms with van der Waals surface area (Å²) in [5.74, 6) is -0.102. The Labute approximate surface area is 146 Å². The van der Waals surface area contributed by atoms with Gasteiger partial charge in [-0.05, 0) is 37.4 Å². The van der Waals surface area contributed by atoms with Crippen LogP contribution < -0.4 is 10.6 Å². The van der Waals surface area contributed by atoms with Gasteiger partial charge in [-0.15, -0.1) is 0 Å². The smallest absolute Gasteiger partial charge is 0.241 e. The number of piperidine rings is 1. The quantitative estimate of drug-likeness (QED) is 0.860. The minimum absolute atomic E-state index is 0.179. The summed E-state index contributed by atoms with van der Waals surface area (Å²) < 4.78 is 14.8. The molecular weight excluding hydrogens is 327 g/mol. The summed E-state index contributed by atoms with van der Waals surface area (Å²) in [5.41, 5.74) is 1.17. The van der Waals surface area contributed by atoms with E-state index in [1.54, 1.807) is 42.5 Å². The molecule has 0 bridgehead atoms. The van der Waals surface area contributed by atoms with Crippen LogP contribution in [0.25, 0.3) is 11.1 Å². The van der Waals surface area contributed by atoms with E-state index in [1.165, 1.54) is 0 Å². The number of nitrogens with one attached hydrogen (secondary N) is 2. The number of amides is 1. The van der Waals surface area contributed by atoms with Crippen LogP contribution in [0.15, 0.2) is 42.5 Å².